The van der Waals surface area contributed by atoms with Gasteiger partial charge in [0.25, 0.3) is 0 Å². The molecule has 0 aromatic carbocycles. The maximum Gasteiger partial charge on any atom is 0.199 e. The van der Waals surface area contributed by atoms with E-state index in [9.17, 15) is 19.4 Å². The fraction of sp³-hybridized carbons (Fsp3) is 0.438. The fourth-order valence-electron chi connectivity index (χ4n) is 3.75. The molecule has 2 fully saturated rings. The summed E-state index contributed by atoms with van der Waals surface area (Å²) in [4.78, 5) is 23.2. The van der Waals surface area contributed by atoms with E-state index in [4.69, 9.17) is 0 Å². The van der Waals surface area contributed by atoms with Gasteiger partial charge in [0.1, 0.15) is 12.1 Å². The Labute approximate surface area is 137 Å². The lowest BCUT2D eigenvalue weighted by Crippen LogP contribution is -2.36. The molecule has 126 valence electrons. The van der Waals surface area contributed by atoms with E-state index in [0.717, 1.165) is 0 Å². The Kier molecular flexibility index (Phi) is 3.40. The first-order valence-electron chi connectivity index (χ1n) is 7.79. The lowest BCUT2D eigenvalue weighted by Gasteiger charge is -2.21. The number of nitrogens with zero attached hydrogens (tertiary/aromatic N) is 2. The molecule has 4 rings (SSSR count). The molecule has 0 radical (unpaired) electrons. The Hall–Kier alpha value is -2.32. The molecule has 7 nitrogen and oxygen atoms in total. The second kappa shape index (κ2) is 5.35. The van der Waals surface area contributed by atoms with Crippen LogP contribution in [0.25, 0.3) is 0 Å². The zero-order valence-corrected chi connectivity index (χ0v) is 12.7. The normalized spacial score (nSPS) is 34.0. The van der Waals surface area contributed by atoms with E-state index in [2.05, 4.69) is 20.3 Å². The molecule has 2 aliphatic rings. The zero-order chi connectivity index (χ0) is 16.9. The van der Waals surface area contributed by atoms with Crippen molar-refractivity contribution >= 4 is 11.6 Å². The third-order valence-corrected chi connectivity index (χ3v) is 5.14. The van der Waals surface area contributed by atoms with Gasteiger partial charge in [0.15, 0.2) is 11.5 Å². The Morgan fingerprint density at radius 3 is 3.00 bits per heavy atom. The van der Waals surface area contributed by atoms with Crippen molar-refractivity contribution in [3.63, 3.8) is 0 Å². The second-order valence-corrected chi connectivity index (χ2v) is 6.39. The van der Waals surface area contributed by atoms with Crippen LogP contribution in [-0.2, 0) is 0 Å². The molecule has 5 atom stereocenters. The molecule has 8 heteroatoms. The van der Waals surface area contributed by atoms with E-state index in [-0.39, 0.29) is 23.8 Å². The second-order valence-electron chi connectivity index (χ2n) is 6.39. The Balaban J connectivity index is 1.57. The first-order chi connectivity index (χ1) is 11.6. The number of nitrogens with one attached hydrogen (secondary N) is 2. The van der Waals surface area contributed by atoms with Crippen molar-refractivity contribution < 1.29 is 19.4 Å². The Bertz CT molecular complexity index is 768. The third-order valence-electron chi connectivity index (χ3n) is 5.14. The molecule has 0 saturated heterocycles. The number of carbonyl (C=O) groups is 1. The maximum atomic E-state index is 14.9. The standard InChI is InChI=1S/C16H17FN4O3/c17-16-11(3-9(6-22)14(16)24)13(16)21-15-10(5-19-7-20-15)12(23)8-1-2-18-4-8/h1-2,4-5,7,9,11,13-14,18,22,24H,3,6H2,(H,19,20,21)/t9-,11+,13?,14-,16+/m1/s1. The third kappa shape index (κ3) is 2.06. The molecule has 2 heterocycles. The SMILES string of the molecule is O=C(c1cc[nH]c1)c1cncnc1NC1[C@@H]2C[C@H](CO)[C@@H](O)[C@@]12F. The van der Waals surface area contributed by atoms with Crippen molar-refractivity contribution in [2.75, 3.05) is 11.9 Å². The van der Waals surface area contributed by atoms with Gasteiger partial charge >= 0.3 is 0 Å². The topological polar surface area (TPSA) is 111 Å². The summed E-state index contributed by atoms with van der Waals surface area (Å²) in [6.07, 6.45) is 5.06. The minimum Gasteiger partial charge on any atom is -0.396 e. The van der Waals surface area contributed by atoms with Crippen molar-refractivity contribution in [2.24, 2.45) is 11.8 Å². The van der Waals surface area contributed by atoms with Gasteiger partial charge < -0.3 is 20.5 Å². The number of carbonyl (C=O) groups excluding carboxylic acids is 1. The van der Waals surface area contributed by atoms with Crippen LogP contribution < -0.4 is 5.32 Å². The molecule has 0 aliphatic heterocycles. The minimum absolute atomic E-state index is 0.235. The number of anilines is 1. The van der Waals surface area contributed by atoms with Gasteiger partial charge in [0, 0.05) is 42.6 Å². The van der Waals surface area contributed by atoms with Gasteiger partial charge in [-0.25, -0.2) is 14.4 Å². The molecular weight excluding hydrogens is 315 g/mol. The minimum atomic E-state index is -1.78. The van der Waals surface area contributed by atoms with Crippen molar-refractivity contribution in [2.45, 2.75) is 24.2 Å². The van der Waals surface area contributed by atoms with E-state index >= 15 is 0 Å². The van der Waals surface area contributed by atoms with E-state index in [1.165, 1.54) is 12.5 Å². The average molecular weight is 332 g/mol. The fourth-order valence-corrected chi connectivity index (χ4v) is 3.75. The van der Waals surface area contributed by atoms with Gasteiger partial charge in [-0.15, -0.1) is 0 Å². The molecule has 0 spiro atoms. The quantitative estimate of drug-likeness (QED) is 0.594. The number of aliphatic hydroxyl groups is 2. The number of hydrogen-bond acceptors (Lipinski definition) is 6. The van der Waals surface area contributed by atoms with Gasteiger partial charge in [-0.05, 0) is 12.5 Å². The van der Waals surface area contributed by atoms with Crippen LogP contribution in [-0.4, -0.2) is 55.4 Å². The predicted octanol–water partition coefficient (Wildman–Crippen LogP) is 0.527. The summed E-state index contributed by atoms with van der Waals surface area (Å²) in [6.45, 7) is -0.235. The summed E-state index contributed by atoms with van der Waals surface area (Å²) < 4.78 is 14.9. The average Bonchev–Trinajstić information content (AvgIpc) is 2.98. The van der Waals surface area contributed by atoms with Gasteiger partial charge in [-0.3, -0.25) is 4.79 Å². The van der Waals surface area contributed by atoms with E-state index in [1.807, 2.05) is 0 Å². The van der Waals surface area contributed by atoms with Crippen molar-refractivity contribution in [1.82, 2.24) is 15.0 Å². The summed E-state index contributed by atoms with van der Waals surface area (Å²) in [5.41, 5.74) is -1.08. The Morgan fingerprint density at radius 1 is 1.54 bits per heavy atom. The summed E-state index contributed by atoms with van der Waals surface area (Å²) in [7, 11) is 0. The number of alkyl halides is 1. The molecule has 2 aromatic rings. The van der Waals surface area contributed by atoms with Crippen LogP contribution >= 0.6 is 0 Å². The summed E-state index contributed by atoms with van der Waals surface area (Å²) >= 11 is 0. The van der Waals surface area contributed by atoms with Crippen LogP contribution in [0.4, 0.5) is 10.2 Å². The van der Waals surface area contributed by atoms with Crippen LogP contribution in [0.1, 0.15) is 22.3 Å². The maximum absolute atomic E-state index is 14.9. The number of ketones is 1. The molecule has 2 aliphatic carbocycles. The number of aromatic amines is 1. The zero-order valence-electron chi connectivity index (χ0n) is 12.7. The number of halogens is 1. The van der Waals surface area contributed by atoms with Gasteiger partial charge in [-0.2, -0.15) is 0 Å². The number of rotatable bonds is 5. The molecule has 0 bridgehead atoms. The smallest absolute Gasteiger partial charge is 0.199 e. The number of H-pyrrole nitrogens is 1. The molecule has 2 aromatic heterocycles. The highest BCUT2D eigenvalue weighted by Gasteiger charge is 2.76. The van der Waals surface area contributed by atoms with E-state index < -0.39 is 29.7 Å². The van der Waals surface area contributed by atoms with Crippen LogP contribution in [0.5, 0.6) is 0 Å². The Morgan fingerprint density at radius 2 is 2.38 bits per heavy atom. The van der Waals surface area contributed by atoms with Gasteiger partial charge in [0.2, 0.25) is 0 Å². The van der Waals surface area contributed by atoms with Gasteiger partial charge in [-0.1, -0.05) is 0 Å². The highest BCUT2D eigenvalue weighted by molar-refractivity contribution is 6.11. The predicted molar refractivity (Wildman–Crippen MR) is 82.2 cm³/mol. The van der Waals surface area contributed by atoms with Gasteiger partial charge in [0.05, 0.1) is 17.7 Å². The molecule has 24 heavy (non-hydrogen) atoms. The highest BCUT2D eigenvalue weighted by Crippen LogP contribution is 2.61. The molecular formula is C16H17FN4O3. The molecule has 1 unspecified atom stereocenters. The number of hydrogen-bond donors (Lipinski definition) is 4. The van der Waals surface area contributed by atoms with Crippen molar-refractivity contribution in [3.8, 4) is 0 Å². The summed E-state index contributed by atoms with van der Waals surface area (Å²) in [5, 5.41) is 22.2. The van der Waals surface area contributed by atoms with Crippen LogP contribution in [0, 0.1) is 11.8 Å². The molecule has 4 N–H and O–H groups in total. The lowest BCUT2D eigenvalue weighted by atomic mass is 9.99. The molecule has 0 amide bonds. The molecule has 2 saturated carbocycles. The van der Waals surface area contributed by atoms with E-state index in [1.54, 1.807) is 18.5 Å². The number of aliphatic hydroxyl groups excluding tert-OH is 2. The van der Waals surface area contributed by atoms with Crippen molar-refractivity contribution in [3.05, 3.63) is 42.1 Å². The van der Waals surface area contributed by atoms with Crippen molar-refractivity contribution in [1.29, 1.82) is 0 Å². The van der Waals surface area contributed by atoms with Crippen LogP contribution in [0.2, 0.25) is 0 Å². The summed E-state index contributed by atoms with van der Waals surface area (Å²) in [6, 6.07) is 1.01. The number of aromatic nitrogens is 3. The first-order valence-corrected chi connectivity index (χ1v) is 7.79. The largest absolute Gasteiger partial charge is 0.396 e. The van der Waals surface area contributed by atoms with Crippen LogP contribution in [0.3, 0.4) is 0 Å². The van der Waals surface area contributed by atoms with E-state index in [0.29, 0.717) is 12.0 Å². The lowest BCUT2D eigenvalue weighted by molar-refractivity contribution is 0.0158. The highest BCUT2D eigenvalue weighted by atomic mass is 19.1. The number of fused-ring (bicyclic) bond motifs is 1. The first kappa shape index (κ1) is 15.2. The monoisotopic (exact) mass is 332 g/mol. The van der Waals surface area contributed by atoms with Crippen LogP contribution in [0.15, 0.2) is 31.0 Å². The summed E-state index contributed by atoms with van der Waals surface area (Å²) in [5.74, 6) is -0.855.